The Labute approximate surface area is 113 Å². The number of ether oxygens (including phenoxy) is 1. The molecule has 1 N–H and O–H groups in total. The Morgan fingerprint density at radius 1 is 1.47 bits per heavy atom. The van der Waals surface area contributed by atoms with Crippen molar-refractivity contribution in [2.24, 2.45) is 0 Å². The number of hydrogen-bond donors (Lipinski definition) is 1. The molecule has 0 spiro atoms. The second-order valence-electron chi connectivity index (χ2n) is 3.91. The molecule has 96 valence electrons. The van der Waals surface area contributed by atoms with Gasteiger partial charge in [0.1, 0.15) is 5.75 Å². The van der Waals surface area contributed by atoms with Gasteiger partial charge in [-0.15, -0.1) is 0 Å². The van der Waals surface area contributed by atoms with Gasteiger partial charge in [0.2, 0.25) is 0 Å². The summed E-state index contributed by atoms with van der Waals surface area (Å²) < 4.78 is 5.12. The average Bonchev–Trinajstić information content (AvgIpc) is 2.34. The molecule has 1 unspecified atom stereocenters. The predicted molar refractivity (Wildman–Crippen MR) is 77.3 cm³/mol. The summed E-state index contributed by atoms with van der Waals surface area (Å²) in [6.45, 7) is 5.23. The van der Waals surface area contributed by atoms with Gasteiger partial charge in [-0.2, -0.15) is 11.8 Å². The van der Waals surface area contributed by atoms with E-state index in [9.17, 15) is 0 Å². The molecular formula is C13H20ClNOS. The van der Waals surface area contributed by atoms with E-state index < -0.39 is 0 Å². The molecule has 0 heterocycles. The molecule has 0 fully saturated rings. The molecule has 1 atom stereocenters. The van der Waals surface area contributed by atoms with Crippen molar-refractivity contribution >= 4 is 23.4 Å². The van der Waals surface area contributed by atoms with Gasteiger partial charge in [0, 0.05) is 18.3 Å². The summed E-state index contributed by atoms with van der Waals surface area (Å²) >= 11 is 8.02. The maximum atomic E-state index is 6.07. The van der Waals surface area contributed by atoms with E-state index in [0.29, 0.717) is 11.1 Å². The van der Waals surface area contributed by atoms with E-state index in [-0.39, 0.29) is 0 Å². The molecular weight excluding hydrogens is 254 g/mol. The van der Waals surface area contributed by atoms with E-state index in [1.165, 1.54) is 11.3 Å². The van der Waals surface area contributed by atoms with Gasteiger partial charge in [0.25, 0.3) is 0 Å². The van der Waals surface area contributed by atoms with Crippen molar-refractivity contribution in [2.45, 2.75) is 26.4 Å². The Morgan fingerprint density at radius 2 is 2.24 bits per heavy atom. The fourth-order valence-electron chi connectivity index (χ4n) is 1.47. The van der Waals surface area contributed by atoms with Gasteiger partial charge in [0.15, 0.2) is 0 Å². The van der Waals surface area contributed by atoms with Crippen LogP contribution in [0, 0.1) is 0 Å². The molecule has 4 heteroatoms. The van der Waals surface area contributed by atoms with Crippen LogP contribution in [0.4, 0.5) is 0 Å². The lowest BCUT2D eigenvalue weighted by Gasteiger charge is -2.13. The van der Waals surface area contributed by atoms with E-state index >= 15 is 0 Å². The van der Waals surface area contributed by atoms with E-state index in [1.54, 1.807) is 7.11 Å². The fraction of sp³-hybridized carbons (Fsp3) is 0.538. The summed E-state index contributed by atoms with van der Waals surface area (Å²) in [6.07, 6.45) is 0. The van der Waals surface area contributed by atoms with E-state index in [2.05, 4.69) is 19.2 Å². The van der Waals surface area contributed by atoms with Gasteiger partial charge in [-0.1, -0.05) is 24.6 Å². The number of methoxy groups -OCH3 is 1. The van der Waals surface area contributed by atoms with E-state index in [0.717, 1.165) is 18.0 Å². The second kappa shape index (κ2) is 7.85. The minimum absolute atomic E-state index is 0.515. The van der Waals surface area contributed by atoms with Crippen molar-refractivity contribution in [3.05, 3.63) is 28.8 Å². The summed E-state index contributed by atoms with van der Waals surface area (Å²) in [5.41, 5.74) is 1.18. The first kappa shape index (κ1) is 14.7. The molecule has 0 bridgehead atoms. The Kier molecular flexibility index (Phi) is 6.78. The Bertz CT molecular complexity index is 346. The number of benzene rings is 1. The molecule has 2 nitrogen and oxygen atoms in total. The summed E-state index contributed by atoms with van der Waals surface area (Å²) in [7, 11) is 1.63. The third kappa shape index (κ3) is 5.19. The van der Waals surface area contributed by atoms with E-state index in [1.807, 2.05) is 30.0 Å². The summed E-state index contributed by atoms with van der Waals surface area (Å²) in [5.74, 6) is 3.03. The van der Waals surface area contributed by atoms with Crippen LogP contribution in [0.2, 0.25) is 5.02 Å². The van der Waals surface area contributed by atoms with Crippen LogP contribution in [0.15, 0.2) is 18.2 Å². The average molecular weight is 274 g/mol. The van der Waals surface area contributed by atoms with Crippen molar-refractivity contribution in [3.63, 3.8) is 0 Å². The standard InChI is InChI=1S/C13H20ClNOS/c1-4-17-9-10(2)15-8-11-5-6-13(16-3)12(14)7-11/h5-7,10,15H,4,8-9H2,1-3H3. The van der Waals surface area contributed by atoms with Crippen LogP contribution in [-0.2, 0) is 6.54 Å². The zero-order chi connectivity index (χ0) is 12.7. The second-order valence-corrected chi connectivity index (χ2v) is 5.64. The van der Waals surface area contributed by atoms with Gasteiger partial charge in [0.05, 0.1) is 12.1 Å². The number of thioether (sulfide) groups is 1. The first-order valence-electron chi connectivity index (χ1n) is 5.81. The molecule has 0 aliphatic carbocycles. The maximum Gasteiger partial charge on any atom is 0.137 e. The topological polar surface area (TPSA) is 21.3 Å². The quantitative estimate of drug-likeness (QED) is 0.821. The van der Waals surface area contributed by atoms with Crippen molar-refractivity contribution in [2.75, 3.05) is 18.6 Å². The highest BCUT2D eigenvalue weighted by Crippen LogP contribution is 2.24. The van der Waals surface area contributed by atoms with Crippen LogP contribution < -0.4 is 10.1 Å². The van der Waals surface area contributed by atoms with Gasteiger partial charge in [-0.25, -0.2) is 0 Å². The highest BCUT2D eigenvalue weighted by atomic mass is 35.5. The summed E-state index contributed by atoms with van der Waals surface area (Å²) in [4.78, 5) is 0. The van der Waals surface area contributed by atoms with Crippen molar-refractivity contribution < 1.29 is 4.74 Å². The smallest absolute Gasteiger partial charge is 0.137 e. The SMILES string of the molecule is CCSCC(C)NCc1ccc(OC)c(Cl)c1. The van der Waals surface area contributed by atoms with Crippen LogP contribution in [0.5, 0.6) is 5.75 Å². The molecule has 1 rings (SSSR count). The Morgan fingerprint density at radius 3 is 2.82 bits per heavy atom. The molecule has 0 aliphatic rings. The maximum absolute atomic E-state index is 6.07. The highest BCUT2D eigenvalue weighted by molar-refractivity contribution is 7.99. The number of hydrogen-bond acceptors (Lipinski definition) is 3. The van der Waals surface area contributed by atoms with Crippen LogP contribution >= 0.6 is 23.4 Å². The Balaban J connectivity index is 2.44. The number of halogens is 1. The van der Waals surface area contributed by atoms with Crippen molar-refractivity contribution in [1.29, 1.82) is 0 Å². The molecule has 1 aromatic carbocycles. The van der Waals surface area contributed by atoms with Crippen LogP contribution in [0.1, 0.15) is 19.4 Å². The first-order valence-corrected chi connectivity index (χ1v) is 7.34. The minimum Gasteiger partial charge on any atom is -0.495 e. The third-order valence-electron chi connectivity index (χ3n) is 2.44. The zero-order valence-electron chi connectivity index (χ0n) is 10.6. The van der Waals surface area contributed by atoms with Crippen LogP contribution in [0.25, 0.3) is 0 Å². The lowest BCUT2D eigenvalue weighted by Crippen LogP contribution is -2.27. The van der Waals surface area contributed by atoms with Gasteiger partial charge in [-0.05, 0) is 30.4 Å². The monoisotopic (exact) mass is 273 g/mol. The summed E-state index contributed by atoms with van der Waals surface area (Å²) in [6, 6.07) is 6.41. The number of rotatable bonds is 7. The normalized spacial score (nSPS) is 12.5. The first-order chi connectivity index (χ1) is 8.17. The van der Waals surface area contributed by atoms with Gasteiger partial charge in [-0.3, -0.25) is 0 Å². The molecule has 1 aromatic rings. The molecule has 0 saturated carbocycles. The van der Waals surface area contributed by atoms with Crippen LogP contribution in [0.3, 0.4) is 0 Å². The molecule has 17 heavy (non-hydrogen) atoms. The van der Waals surface area contributed by atoms with Gasteiger partial charge < -0.3 is 10.1 Å². The number of nitrogens with one attached hydrogen (secondary N) is 1. The summed E-state index contributed by atoms with van der Waals surface area (Å²) in [5, 5.41) is 4.15. The fourth-order valence-corrected chi connectivity index (χ4v) is 2.45. The third-order valence-corrected chi connectivity index (χ3v) is 3.88. The minimum atomic E-state index is 0.515. The molecule has 0 aromatic heterocycles. The highest BCUT2D eigenvalue weighted by Gasteiger charge is 2.04. The van der Waals surface area contributed by atoms with Crippen molar-refractivity contribution in [1.82, 2.24) is 5.32 Å². The molecule has 0 amide bonds. The van der Waals surface area contributed by atoms with E-state index in [4.69, 9.17) is 16.3 Å². The largest absolute Gasteiger partial charge is 0.495 e. The Hall–Kier alpha value is -0.380. The van der Waals surface area contributed by atoms with Crippen LogP contribution in [-0.4, -0.2) is 24.7 Å². The molecule has 0 radical (unpaired) electrons. The van der Waals surface area contributed by atoms with Crippen molar-refractivity contribution in [3.8, 4) is 5.75 Å². The zero-order valence-corrected chi connectivity index (χ0v) is 12.2. The predicted octanol–water partition coefficient (Wildman–Crippen LogP) is 3.58. The lowest BCUT2D eigenvalue weighted by molar-refractivity contribution is 0.415. The molecule has 0 aliphatic heterocycles. The lowest BCUT2D eigenvalue weighted by atomic mass is 10.2. The molecule has 0 saturated heterocycles. The van der Waals surface area contributed by atoms with Gasteiger partial charge >= 0.3 is 0 Å².